The van der Waals surface area contributed by atoms with E-state index in [1.54, 1.807) is 0 Å². The maximum Gasteiger partial charge on any atom is 0.202 e. The van der Waals surface area contributed by atoms with Gasteiger partial charge in [0, 0.05) is 22.0 Å². The van der Waals surface area contributed by atoms with Crippen molar-refractivity contribution in [3.8, 4) is 0 Å². The summed E-state index contributed by atoms with van der Waals surface area (Å²) in [6, 6.07) is 5.95. The summed E-state index contributed by atoms with van der Waals surface area (Å²) in [5.74, 6) is 0.820. The number of furan rings is 1. The smallest absolute Gasteiger partial charge is 0.202 e. The zero-order chi connectivity index (χ0) is 12.1. The van der Waals surface area contributed by atoms with E-state index in [0.29, 0.717) is 5.02 Å². The number of fused-ring (bicyclic) bond motifs is 4. The van der Waals surface area contributed by atoms with Gasteiger partial charge < -0.3 is 9.73 Å². The summed E-state index contributed by atoms with van der Waals surface area (Å²) >= 11 is 5.99. The molecule has 1 N–H and O–H groups in total. The fraction of sp³-hybridized carbons (Fsp3) is 0.0667. The molecule has 1 unspecified atom stereocenters. The van der Waals surface area contributed by atoms with Crippen molar-refractivity contribution in [2.24, 2.45) is 0 Å². The lowest BCUT2D eigenvalue weighted by Crippen LogP contribution is -2.22. The normalized spacial score (nSPS) is 20.3. The molecule has 0 saturated heterocycles. The van der Waals surface area contributed by atoms with Crippen LogP contribution >= 0.6 is 11.6 Å². The Morgan fingerprint density at radius 1 is 1.22 bits per heavy atom. The first-order valence-corrected chi connectivity index (χ1v) is 6.24. The van der Waals surface area contributed by atoms with Gasteiger partial charge in [-0.3, -0.25) is 0 Å². The Labute approximate surface area is 109 Å². The van der Waals surface area contributed by atoms with Crippen molar-refractivity contribution in [2.75, 3.05) is 5.32 Å². The molecule has 0 spiro atoms. The Kier molecular flexibility index (Phi) is 1.97. The zero-order valence-corrected chi connectivity index (χ0v) is 10.2. The third-order valence-electron chi connectivity index (χ3n) is 3.35. The standard InChI is InChI=1S/C15H10ClNO/c16-10-5-6-11-12-7-9-3-1-2-4-13(9)17-15(12)18-14(11)8-10/h1-8,13,17H. The van der Waals surface area contributed by atoms with Crippen molar-refractivity contribution in [2.45, 2.75) is 6.04 Å². The number of benzene rings is 1. The number of hydrogen-bond acceptors (Lipinski definition) is 2. The number of halogens is 1. The van der Waals surface area contributed by atoms with E-state index in [0.717, 1.165) is 22.4 Å². The highest BCUT2D eigenvalue weighted by atomic mass is 35.5. The van der Waals surface area contributed by atoms with Crippen LogP contribution in [0.15, 0.2) is 52.5 Å². The molecule has 18 heavy (non-hydrogen) atoms. The molecule has 88 valence electrons. The highest BCUT2D eigenvalue weighted by molar-refractivity contribution is 6.31. The number of allylic oxidation sites excluding steroid dienone is 2. The first kappa shape index (κ1) is 10.0. The van der Waals surface area contributed by atoms with Crippen molar-refractivity contribution in [3.05, 3.63) is 58.7 Å². The summed E-state index contributed by atoms with van der Waals surface area (Å²) in [7, 11) is 0. The van der Waals surface area contributed by atoms with E-state index in [-0.39, 0.29) is 6.04 Å². The second kappa shape index (κ2) is 3.53. The number of anilines is 1. The van der Waals surface area contributed by atoms with Gasteiger partial charge in [0.2, 0.25) is 5.88 Å². The molecule has 0 fully saturated rings. The summed E-state index contributed by atoms with van der Waals surface area (Å²) in [6.45, 7) is 0. The Balaban J connectivity index is 1.97. The van der Waals surface area contributed by atoms with Crippen LogP contribution in [0.3, 0.4) is 0 Å². The van der Waals surface area contributed by atoms with Gasteiger partial charge in [-0.1, -0.05) is 35.9 Å². The Morgan fingerprint density at radius 3 is 3.11 bits per heavy atom. The largest absolute Gasteiger partial charge is 0.440 e. The predicted octanol–water partition coefficient (Wildman–Crippen LogP) is 4.39. The molecule has 1 aliphatic carbocycles. The van der Waals surface area contributed by atoms with E-state index in [2.05, 4.69) is 23.5 Å². The molecule has 2 aliphatic rings. The van der Waals surface area contributed by atoms with Gasteiger partial charge in [-0.05, 0) is 23.8 Å². The van der Waals surface area contributed by atoms with Crippen LogP contribution in [-0.4, -0.2) is 6.04 Å². The zero-order valence-electron chi connectivity index (χ0n) is 9.48. The molecule has 0 radical (unpaired) electrons. The van der Waals surface area contributed by atoms with E-state index in [4.69, 9.17) is 16.0 Å². The third kappa shape index (κ3) is 1.36. The maximum absolute atomic E-state index is 5.99. The molecule has 3 heteroatoms. The van der Waals surface area contributed by atoms with Gasteiger partial charge >= 0.3 is 0 Å². The number of rotatable bonds is 0. The summed E-state index contributed by atoms with van der Waals surface area (Å²) in [5, 5.41) is 5.18. The second-order valence-electron chi connectivity index (χ2n) is 4.50. The lowest BCUT2D eigenvalue weighted by Gasteiger charge is -2.22. The van der Waals surface area contributed by atoms with Gasteiger partial charge in [-0.15, -0.1) is 0 Å². The molecule has 1 aromatic carbocycles. The minimum atomic E-state index is 0.207. The SMILES string of the molecule is Clc1ccc2c3c(oc2c1)NC1C=CC=CC1=C3. The van der Waals surface area contributed by atoms with E-state index >= 15 is 0 Å². The Hall–Kier alpha value is -1.93. The number of nitrogens with one attached hydrogen (secondary N) is 1. The minimum Gasteiger partial charge on any atom is -0.440 e. The Bertz CT molecular complexity index is 736. The predicted molar refractivity (Wildman–Crippen MR) is 74.9 cm³/mol. The van der Waals surface area contributed by atoms with Crippen LogP contribution in [0, 0.1) is 0 Å². The summed E-state index contributed by atoms with van der Waals surface area (Å²) in [5.41, 5.74) is 3.18. The molecule has 1 aromatic heterocycles. The van der Waals surface area contributed by atoms with Crippen molar-refractivity contribution in [3.63, 3.8) is 0 Å². The fourth-order valence-electron chi connectivity index (χ4n) is 2.47. The lowest BCUT2D eigenvalue weighted by molar-refractivity contribution is 0.622. The molecule has 1 atom stereocenters. The molecule has 0 bridgehead atoms. The molecular formula is C15H10ClNO. The van der Waals surface area contributed by atoms with Gasteiger partial charge in [0.1, 0.15) is 5.58 Å². The quantitative estimate of drug-likeness (QED) is 0.755. The third-order valence-corrected chi connectivity index (χ3v) is 3.59. The van der Waals surface area contributed by atoms with Crippen molar-refractivity contribution >= 4 is 34.5 Å². The van der Waals surface area contributed by atoms with Gasteiger partial charge in [-0.2, -0.15) is 0 Å². The monoisotopic (exact) mass is 255 g/mol. The van der Waals surface area contributed by atoms with Crippen LogP contribution in [0.25, 0.3) is 17.0 Å². The Morgan fingerprint density at radius 2 is 2.17 bits per heavy atom. The first-order valence-electron chi connectivity index (χ1n) is 5.86. The highest BCUT2D eigenvalue weighted by Gasteiger charge is 2.23. The molecule has 2 heterocycles. The summed E-state index contributed by atoms with van der Waals surface area (Å²) < 4.78 is 5.82. The summed E-state index contributed by atoms with van der Waals surface area (Å²) in [6.07, 6.45) is 10.5. The highest BCUT2D eigenvalue weighted by Crippen LogP contribution is 2.38. The van der Waals surface area contributed by atoms with Crippen LogP contribution in [0.2, 0.25) is 5.02 Å². The van der Waals surface area contributed by atoms with Crippen LogP contribution in [0.4, 0.5) is 5.88 Å². The van der Waals surface area contributed by atoms with E-state index in [9.17, 15) is 0 Å². The van der Waals surface area contributed by atoms with Gasteiger partial charge in [0.15, 0.2) is 0 Å². The number of hydrogen-bond donors (Lipinski definition) is 1. The first-order chi connectivity index (χ1) is 8.81. The van der Waals surface area contributed by atoms with Gasteiger partial charge in [0.05, 0.1) is 6.04 Å². The maximum atomic E-state index is 5.99. The molecule has 0 amide bonds. The second-order valence-corrected chi connectivity index (χ2v) is 4.93. The minimum absolute atomic E-state index is 0.207. The van der Waals surface area contributed by atoms with E-state index in [1.807, 2.05) is 30.4 Å². The molecular weight excluding hydrogens is 246 g/mol. The lowest BCUT2D eigenvalue weighted by atomic mass is 9.96. The molecule has 2 aromatic rings. The van der Waals surface area contributed by atoms with Crippen molar-refractivity contribution < 1.29 is 4.42 Å². The molecule has 2 nitrogen and oxygen atoms in total. The van der Waals surface area contributed by atoms with Crippen LogP contribution in [0.5, 0.6) is 0 Å². The molecule has 4 rings (SSSR count). The van der Waals surface area contributed by atoms with Gasteiger partial charge in [0.25, 0.3) is 0 Å². The van der Waals surface area contributed by atoms with Crippen LogP contribution in [0.1, 0.15) is 5.56 Å². The van der Waals surface area contributed by atoms with Crippen LogP contribution in [-0.2, 0) is 0 Å². The topological polar surface area (TPSA) is 25.2 Å². The average Bonchev–Trinajstić information content (AvgIpc) is 2.72. The van der Waals surface area contributed by atoms with E-state index in [1.165, 1.54) is 5.57 Å². The average molecular weight is 256 g/mol. The molecule has 0 saturated carbocycles. The molecule has 1 aliphatic heterocycles. The fourth-order valence-corrected chi connectivity index (χ4v) is 2.64. The summed E-state index contributed by atoms with van der Waals surface area (Å²) in [4.78, 5) is 0. The van der Waals surface area contributed by atoms with Gasteiger partial charge in [-0.25, -0.2) is 0 Å². The van der Waals surface area contributed by atoms with E-state index < -0.39 is 0 Å². The van der Waals surface area contributed by atoms with Crippen molar-refractivity contribution in [1.29, 1.82) is 0 Å². The van der Waals surface area contributed by atoms with Crippen molar-refractivity contribution in [1.82, 2.24) is 0 Å². The van der Waals surface area contributed by atoms with Crippen LogP contribution < -0.4 is 5.32 Å².